The van der Waals surface area contributed by atoms with Crippen molar-refractivity contribution in [2.75, 3.05) is 14.2 Å². The van der Waals surface area contributed by atoms with E-state index in [1.807, 2.05) is 25.1 Å². The fourth-order valence-electron chi connectivity index (χ4n) is 1.88. The SMILES string of the molecule is COC(=O)c1ccc(O[C@@H](C)c2ccccn2)c(OC)c1. The molecule has 110 valence electrons. The average molecular weight is 287 g/mol. The molecule has 0 spiro atoms. The van der Waals surface area contributed by atoms with Crippen molar-refractivity contribution in [3.63, 3.8) is 0 Å². The van der Waals surface area contributed by atoms with Crippen LogP contribution < -0.4 is 9.47 Å². The maximum absolute atomic E-state index is 11.5. The van der Waals surface area contributed by atoms with Crippen molar-refractivity contribution >= 4 is 5.97 Å². The van der Waals surface area contributed by atoms with Gasteiger partial charge in [-0.3, -0.25) is 4.98 Å². The Kier molecular flexibility index (Phi) is 4.77. The topological polar surface area (TPSA) is 57.7 Å². The molecule has 0 fully saturated rings. The largest absolute Gasteiger partial charge is 0.493 e. The lowest BCUT2D eigenvalue weighted by Gasteiger charge is -2.16. The smallest absolute Gasteiger partial charge is 0.337 e. The molecule has 0 saturated carbocycles. The van der Waals surface area contributed by atoms with Crippen LogP contribution >= 0.6 is 0 Å². The average Bonchev–Trinajstić information content (AvgIpc) is 2.55. The zero-order valence-electron chi connectivity index (χ0n) is 12.2. The van der Waals surface area contributed by atoms with Gasteiger partial charge in [-0.2, -0.15) is 0 Å². The molecular weight excluding hydrogens is 270 g/mol. The number of hydrogen-bond acceptors (Lipinski definition) is 5. The number of pyridine rings is 1. The van der Waals surface area contributed by atoms with Crippen LogP contribution in [0.5, 0.6) is 11.5 Å². The number of rotatable bonds is 5. The minimum Gasteiger partial charge on any atom is -0.493 e. The van der Waals surface area contributed by atoms with Crippen molar-refractivity contribution in [3.05, 3.63) is 53.9 Å². The van der Waals surface area contributed by atoms with E-state index in [0.717, 1.165) is 5.69 Å². The first-order valence-corrected chi connectivity index (χ1v) is 6.49. The second kappa shape index (κ2) is 6.74. The summed E-state index contributed by atoms with van der Waals surface area (Å²) in [5.41, 5.74) is 1.23. The third kappa shape index (κ3) is 3.51. The van der Waals surface area contributed by atoms with Gasteiger partial charge in [0.1, 0.15) is 6.10 Å². The van der Waals surface area contributed by atoms with Crippen LogP contribution in [-0.2, 0) is 4.74 Å². The molecule has 1 aromatic carbocycles. The fourth-order valence-corrected chi connectivity index (χ4v) is 1.88. The van der Waals surface area contributed by atoms with Gasteiger partial charge < -0.3 is 14.2 Å². The third-order valence-corrected chi connectivity index (χ3v) is 2.99. The monoisotopic (exact) mass is 287 g/mol. The number of ether oxygens (including phenoxy) is 3. The van der Waals surface area contributed by atoms with Crippen LogP contribution in [0.2, 0.25) is 0 Å². The normalized spacial score (nSPS) is 11.6. The van der Waals surface area contributed by atoms with Crippen LogP contribution in [0.15, 0.2) is 42.6 Å². The van der Waals surface area contributed by atoms with Crippen molar-refractivity contribution in [3.8, 4) is 11.5 Å². The van der Waals surface area contributed by atoms with Gasteiger partial charge in [-0.1, -0.05) is 6.07 Å². The number of esters is 1. The number of carbonyl (C=O) groups excluding carboxylic acids is 1. The Morgan fingerprint density at radius 3 is 2.57 bits per heavy atom. The summed E-state index contributed by atoms with van der Waals surface area (Å²) in [7, 11) is 2.86. The Balaban J connectivity index is 2.22. The van der Waals surface area contributed by atoms with Gasteiger partial charge in [0.2, 0.25) is 0 Å². The predicted molar refractivity (Wildman–Crippen MR) is 77.6 cm³/mol. The van der Waals surface area contributed by atoms with Crippen LogP contribution in [0.1, 0.15) is 29.1 Å². The maximum Gasteiger partial charge on any atom is 0.337 e. The molecule has 1 atom stereocenters. The highest BCUT2D eigenvalue weighted by atomic mass is 16.5. The Morgan fingerprint density at radius 1 is 1.14 bits per heavy atom. The summed E-state index contributed by atoms with van der Waals surface area (Å²) in [5.74, 6) is 0.599. The number of nitrogens with zero attached hydrogens (tertiary/aromatic N) is 1. The molecular formula is C16H17NO4. The molecule has 0 saturated heterocycles. The molecule has 21 heavy (non-hydrogen) atoms. The van der Waals surface area contributed by atoms with E-state index in [4.69, 9.17) is 9.47 Å². The van der Waals surface area contributed by atoms with Gasteiger partial charge >= 0.3 is 5.97 Å². The second-order valence-electron chi connectivity index (χ2n) is 4.37. The van der Waals surface area contributed by atoms with Gasteiger partial charge in [-0.15, -0.1) is 0 Å². The lowest BCUT2D eigenvalue weighted by Crippen LogP contribution is -2.07. The van der Waals surface area contributed by atoms with Crippen LogP contribution in [0, 0.1) is 0 Å². The Hall–Kier alpha value is -2.56. The molecule has 0 unspecified atom stereocenters. The first-order chi connectivity index (χ1) is 10.2. The molecule has 1 heterocycles. The summed E-state index contributed by atoms with van der Waals surface area (Å²) < 4.78 is 15.8. The molecule has 0 amide bonds. The molecule has 0 radical (unpaired) electrons. The van der Waals surface area contributed by atoms with Crippen LogP contribution in [-0.4, -0.2) is 25.2 Å². The second-order valence-corrected chi connectivity index (χ2v) is 4.37. The van der Waals surface area contributed by atoms with Gasteiger partial charge in [0.15, 0.2) is 11.5 Å². The Bertz CT molecular complexity index is 613. The van der Waals surface area contributed by atoms with Crippen molar-refractivity contribution in [1.29, 1.82) is 0 Å². The highest BCUT2D eigenvalue weighted by Gasteiger charge is 2.15. The van der Waals surface area contributed by atoms with E-state index < -0.39 is 5.97 Å². The van der Waals surface area contributed by atoms with Gasteiger partial charge in [-0.25, -0.2) is 4.79 Å². The summed E-state index contributed by atoms with van der Waals surface area (Å²) in [6, 6.07) is 10.5. The van der Waals surface area contributed by atoms with E-state index in [9.17, 15) is 4.79 Å². The highest BCUT2D eigenvalue weighted by molar-refractivity contribution is 5.90. The highest BCUT2D eigenvalue weighted by Crippen LogP contribution is 2.31. The van der Waals surface area contributed by atoms with Gasteiger partial charge in [0.05, 0.1) is 25.5 Å². The standard InChI is InChI=1S/C16H17NO4/c1-11(13-6-4-5-9-17-13)21-14-8-7-12(16(18)20-3)10-15(14)19-2/h4-11H,1-3H3/t11-/m0/s1. The summed E-state index contributed by atoms with van der Waals surface area (Å²) in [4.78, 5) is 15.8. The summed E-state index contributed by atoms with van der Waals surface area (Å²) >= 11 is 0. The molecule has 5 nitrogen and oxygen atoms in total. The van der Waals surface area contributed by atoms with E-state index >= 15 is 0 Å². The quantitative estimate of drug-likeness (QED) is 0.791. The molecule has 0 bridgehead atoms. The predicted octanol–water partition coefficient (Wildman–Crippen LogP) is 3.02. The van der Waals surface area contributed by atoms with Crippen LogP contribution in [0.3, 0.4) is 0 Å². The molecule has 0 N–H and O–H groups in total. The van der Waals surface area contributed by atoms with Crippen molar-refractivity contribution in [2.24, 2.45) is 0 Å². The Morgan fingerprint density at radius 2 is 1.95 bits per heavy atom. The lowest BCUT2D eigenvalue weighted by molar-refractivity contribution is 0.0600. The van der Waals surface area contributed by atoms with Crippen LogP contribution in [0.25, 0.3) is 0 Å². The zero-order chi connectivity index (χ0) is 15.2. The number of aromatic nitrogens is 1. The van der Waals surface area contributed by atoms with E-state index in [1.54, 1.807) is 24.4 Å². The van der Waals surface area contributed by atoms with Gasteiger partial charge in [0, 0.05) is 6.20 Å². The maximum atomic E-state index is 11.5. The minimum absolute atomic E-state index is 0.232. The summed E-state index contributed by atoms with van der Waals surface area (Å²) in [6.07, 6.45) is 1.48. The van der Waals surface area contributed by atoms with E-state index in [1.165, 1.54) is 14.2 Å². The first kappa shape index (κ1) is 14.8. The summed E-state index contributed by atoms with van der Waals surface area (Å²) in [6.45, 7) is 1.90. The molecule has 1 aromatic heterocycles. The first-order valence-electron chi connectivity index (χ1n) is 6.49. The molecule has 0 aliphatic heterocycles. The molecule has 0 aliphatic rings. The third-order valence-electron chi connectivity index (χ3n) is 2.99. The van der Waals surface area contributed by atoms with Crippen molar-refractivity contribution in [1.82, 2.24) is 4.98 Å². The molecule has 5 heteroatoms. The molecule has 2 rings (SSSR count). The lowest BCUT2D eigenvalue weighted by atomic mass is 10.2. The number of carbonyl (C=O) groups is 1. The van der Waals surface area contributed by atoms with Gasteiger partial charge in [-0.05, 0) is 37.3 Å². The number of methoxy groups -OCH3 is 2. The van der Waals surface area contributed by atoms with E-state index in [2.05, 4.69) is 9.72 Å². The van der Waals surface area contributed by atoms with E-state index in [0.29, 0.717) is 17.1 Å². The van der Waals surface area contributed by atoms with Crippen LogP contribution in [0.4, 0.5) is 0 Å². The fraction of sp³-hybridized carbons (Fsp3) is 0.250. The Labute approximate surface area is 123 Å². The van der Waals surface area contributed by atoms with Gasteiger partial charge in [0.25, 0.3) is 0 Å². The summed E-state index contributed by atoms with van der Waals surface area (Å²) in [5, 5.41) is 0. The van der Waals surface area contributed by atoms with Crippen molar-refractivity contribution in [2.45, 2.75) is 13.0 Å². The molecule has 0 aliphatic carbocycles. The van der Waals surface area contributed by atoms with Crippen molar-refractivity contribution < 1.29 is 19.0 Å². The molecule has 2 aromatic rings. The minimum atomic E-state index is -0.419. The number of benzene rings is 1. The zero-order valence-corrected chi connectivity index (χ0v) is 12.2. The number of hydrogen-bond donors (Lipinski definition) is 0. The van der Waals surface area contributed by atoms with E-state index in [-0.39, 0.29) is 6.10 Å².